The monoisotopic (exact) mass is 316 g/mol. The molecular weight excluding hydrogens is 296 g/mol. The Balaban J connectivity index is 1.58. The van der Waals surface area contributed by atoms with Gasteiger partial charge in [-0.05, 0) is 42.3 Å². The molecule has 0 atom stereocenters. The molecule has 0 saturated heterocycles. The highest BCUT2D eigenvalue weighted by Crippen LogP contribution is 2.30. The van der Waals surface area contributed by atoms with Gasteiger partial charge >= 0.3 is 0 Å². The number of fused-ring (bicyclic) bond motifs is 1. The van der Waals surface area contributed by atoms with Crippen molar-refractivity contribution in [2.45, 2.75) is 13.0 Å². The average molecular weight is 316 g/mol. The van der Waals surface area contributed by atoms with Crippen LogP contribution in [0.4, 0.5) is 0 Å². The van der Waals surface area contributed by atoms with E-state index in [1.54, 1.807) is 6.26 Å². The summed E-state index contributed by atoms with van der Waals surface area (Å²) in [5, 5.41) is 4.76. The molecule has 2 aromatic heterocycles. The molecule has 3 heteroatoms. The summed E-state index contributed by atoms with van der Waals surface area (Å²) in [7, 11) is 0. The third-order valence-electron chi connectivity index (χ3n) is 4.31. The van der Waals surface area contributed by atoms with Gasteiger partial charge in [0.2, 0.25) is 0 Å². The maximum atomic E-state index is 5.37. The molecule has 0 fully saturated rings. The van der Waals surface area contributed by atoms with Crippen LogP contribution in [-0.2, 0) is 13.0 Å². The molecule has 0 spiro atoms. The standard InChI is InChI=1S/C21H20N2O/c1-2-7-16(8-3-1)21-19(18-10-4-5-11-20(18)23-21)12-13-22-15-17-9-6-14-24-17/h1-11,14,22-23H,12-13,15H2. The van der Waals surface area contributed by atoms with Crippen LogP contribution in [0.15, 0.2) is 77.4 Å². The molecule has 0 aliphatic carbocycles. The van der Waals surface area contributed by atoms with Crippen LogP contribution in [0, 0.1) is 0 Å². The number of para-hydroxylation sites is 1. The second kappa shape index (κ2) is 6.77. The van der Waals surface area contributed by atoms with Crippen molar-refractivity contribution in [1.29, 1.82) is 0 Å². The minimum Gasteiger partial charge on any atom is -0.468 e. The van der Waals surface area contributed by atoms with E-state index in [9.17, 15) is 0 Å². The van der Waals surface area contributed by atoms with E-state index in [4.69, 9.17) is 4.42 Å². The summed E-state index contributed by atoms with van der Waals surface area (Å²) < 4.78 is 5.37. The van der Waals surface area contributed by atoms with Crippen molar-refractivity contribution in [3.63, 3.8) is 0 Å². The molecule has 0 aliphatic rings. The topological polar surface area (TPSA) is 41.0 Å². The Labute approximate surface area is 141 Å². The van der Waals surface area contributed by atoms with Crippen LogP contribution in [0.1, 0.15) is 11.3 Å². The van der Waals surface area contributed by atoms with E-state index >= 15 is 0 Å². The first-order valence-electron chi connectivity index (χ1n) is 8.30. The molecule has 0 bridgehead atoms. The molecule has 3 nitrogen and oxygen atoms in total. The quantitative estimate of drug-likeness (QED) is 0.504. The molecule has 0 aliphatic heterocycles. The molecule has 24 heavy (non-hydrogen) atoms. The van der Waals surface area contributed by atoms with E-state index < -0.39 is 0 Å². The summed E-state index contributed by atoms with van der Waals surface area (Å²) in [6.45, 7) is 1.67. The Morgan fingerprint density at radius 2 is 1.71 bits per heavy atom. The van der Waals surface area contributed by atoms with E-state index in [-0.39, 0.29) is 0 Å². The Kier molecular flexibility index (Phi) is 4.17. The third kappa shape index (κ3) is 2.99. The van der Waals surface area contributed by atoms with E-state index in [1.165, 1.54) is 27.7 Å². The maximum absolute atomic E-state index is 5.37. The Bertz CT molecular complexity index is 908. The van der Waals surface area contributed by atoms with Crippen LogP contribution in [0.3, 0.4) is 0 Å². The Morgan fingerprint density at radius 1 is 0.875 bits per heavy atom. The zero-order chi connectivity index (χ0) is 16.2. The number of aromatic nitrogens is 1. The minimum absolute atomic E-state index is 0.760. The average Bonchev–Trinajstić information content (AvgIpc) is 3.27. The van der Waals surface area contributed by atoms with E-state index in [0.717, 1.165) is 25.3 Å². The number of hydrogen-bond donors (Lipinski definition) is 2. The molecule has 2 aromatic carbocycles. The Hall–Kier alpha value is -2.78. The second-order valence-corrected chi connectivity index (χ2v) is 5.90. The molecule has 0 unspecified atom stereocenters. The smallest absolute Gasteiger partial charge is 0.117 e. The SMILES string of the molecule is c1ccc(-c2[nH]c3ccccc3c2CCNCc2ccco2)cc1. The van der Waals surface area contributed by atoms with Gasteiger partial charge in [0.1, 0.15) is 5.76 Å². The second-order valence-electron chi connectivity index (χ2n) is 5.90. The third-order valence-corrected chi connectivity index (χ3v) is 4.31. The van der Waals surface area contributed by atoms with Gasteiger partial charge in [-0.25, -0.2) is 0 Å². The highest BCUT2D eigenvalue weighted by Gasteiger charge is 2.12. The summed E-state index contributed by atoms with van der Waals surface area (Å²) >= 11 is 0. The number of hydrogen-bond acceptors (Lipinski definition) is 2. The summed E-state index contributed by atoms with van der Waals surface area (Å²) in [6, 6.07) is 23.0. The fraction of sp³-hybridized carbons (Fsp3) is 0.143. The number of rotatable bonds is 6. The van der Waals surface area contributed by atoms with E-state index in [1.807, 2.05) is 12.1 Å². The summed E-state index contributed by atoms with van der Waals surface area (Å²) in [4.78, 5) is 3.59. The number of benzene rings is 2. The zero-order valence-electron chi connectivity index (χ0n) is 13.5. The normalized spacial score (nSPS) is 11.2. The number of H-pyrrole nitrogens is 1. The van der Waals surface area contributed by atoms with Gasteiger partial charge < -0.3 is 14.7 Å². The summed E-state index contributed by atoms with van der Waals surface area (Å²) in [5.41, 5.74) is 5.01. The van der Waals surface area contributed by atoms with Crippen LogP contribution in [0.25, 0.3) is 22.2 Å². The highest BCUT2D eigenvalue weighted by atomic mass is 16.3. The molecule has 2 heterocycles. The number of nitrogens with one attached hydrogen (secondary N) is 2. The molecule has 2 N–H and O–H groups in total. The fourth-order valence-corrected chi connectivity index (χ4v) is 3.15. The molecular formula is C21H20N2O. The first-order valence-corrected chi connectivity index (χ1v) is 8.30. The van der Waals surface area contributed by atoms with Crippen LogP contribution < -0.4 is 5.32 Å². The zero-order valence-corrected chi connectivity index (χ0v) is 13.5. The van der Waals surface area contributed by atoms with Gasteiger partial charge in [0.15, 0.2) is 0 Å². The molecule has 0 amide bonds. The predicted octanol–water partition coefficient (Wildman–Crippen LogP) is 4.76. The van der Waals surface area contributed by atoms with Crippen LogP contribution in [-0.4, -0.2) is 11.5 Å². The molecule has 4 aromatic rings. The van der Waals surface area contributed by atoms with Gasteiger partial charge in [-0.2, -0.15) is 0 Å². The van der Waals surface area contributed by atoms with Crippen molar-refractivity contribution in [2.75, 3.05) is 6.54 Å². The molecule has 0 radical (unpaired) electrons. The van der Waals surface area contributed by atoms with Crippen molar-refractivity contribution in [3.05, 3.63) is 84.3 Å². The minimum atomic E-state index is 0.760. The molecule has 4 rings (SSSR count). The van der Waals surface area contributed by atoms with Crippen LogP contribution in [0.2, 0.25) is 0 Å². The van der Waals surface area contributed by atoms with Crippen molar-refractivity contribution in [1.82, 2.24) is 10.3 Å². The van der Waals surface area contributed by atoms with Gasteiger partial charge in [0, 0.05) is 16.6 Å². The van der Waals surface area contributed by atoms with Crippen LogP contribution >= 0.6 is 0 Å². The van der Waals surface area contributed by atoms with Gasteiger partial charge in [-0.1, -0.05) is 48.5 Å². The highest BCUT2D eigenvalue weighted by molar-refractivity contribution is 5.90. The lowest BCUT2D eigenvalue weighted by Crippen LogP contribution is -2.16. The van der Waals surface area contributed by atoms with E-state index in [2.05, 4.69) is 64.9 Å². The Morgan fingerprint density at radius 3 is 2.54 bits per heavy atom. The van der Waals surface area contributed by atoms with Crippen LogP contribution in [0.5, 0.6) is 0 Å². The van der Waals surface area contributed by atoms with E-state index in [0.29, 0.717) is 0 Å². The van der Waals surface area contributed by atoms with Gasteiger partial charge in [0.25, 0.3) is 0 Å². The van der Waals surface area contributed by atoms with Gasteiger partial charge in [-0.3, -0.25) is 0 Å². The first-order chi connectivity index (χ1) is 11.9. The van der Waals surface area contributed by atoms with Crippen molar-refractivity contribution < 1.29 is 4.42 Å². The largest absolute Gasteiger partial charge is 0.468 e. The maximum Gasteiger partial charge on any atom is 0.117 e. The number of aromatic amines is 1. The molecule has 0 saturated carbocycles. The number of furan rings is 1. The van der Waals surface area contributed by atoms with Gasteiger partial charge in [0.05, 0.1) is 12.8 Å². The summed E-state index contributed by atoms with van der Waals surface area (Å²) in [5.74, 6) is 0.970. The lowest BCUT2D eigenvalue weighted by Gasteiger charge is -2.06. The first kappa shape index (κ1) is 14.8. The van der Waals surface area contributed by atoms with Crippen molar-refractivity contribution in [3.8, 4) is 11.3 Å². The lowest BCUT2D eigenvalue weighted by atomic mass is 10.0. The fourth-order valence-electron chi connectivity index (χ4n) is 3.15. The van der Waals surface area contributed by atoms with Crippen molar-refractivity contribution >= 4 is 10.9 Å². The summed E-state index contributed by atoms with van der Waals surface area (Å²) in [6.07, 6.45) is 2.68. The molecule has 120 valence electrons. The van der Waals surface area contributed by atoms with Gasteiger partial charge in [-0.15, -0.1) is 0 Å². The lowest BCUT2D eigenvalue weighted by molar-refractivity contribution is 0.484. The van der Waals surface area contributed by atoms with Crippen molar-refractivity contribution in [2.24, 2.45) is 0 Å². The predicted molar refractivity (Wildman–Crippen MR) is 97.9 cm³/mol.